The Morgan fingerprint density at radius 2 is 1.20 bits per heavy atom. The summed E-state index contributed by atoms with van der Waals surface area (Å²) in [4.78, 5) is 67.3. The number of hydrogen-bond acceptors (Lipinski definition) is 6. The molecule has 0 bridgehead atoms. The molecule has 0 unspecified atom stereocenters. The van der Waals surface area contributed by atoms with E-state index < -0.39 is 36.0 Å². The Kier molecular flexibility index (Phi) is 10.2. The van der Waals surface area contributed by atoms with Crippen molar-refractivity contribution in [3.63, 3.8) is 0 Å². The van der Waals surface area contributed by atoms with Gasteiger partial charge in [-0.25, -0.2) is 9.80 Å². The van der Waals surface area contributed by atoms with Crippen molar-refractivity contribution >= 4 is 128 Å². The fraction of sp³-hybridized carbons (Fsp3) is 0.0333. The number of ketones is 1. The summed E-state index contributed by atoms with van der Waals surface area (Å²) < 4.78 is 6.84. The molecule has 0 radical (unpaired) electrons. The summed E-state index contributed by atoms with van der Waals surface area (Å²) in [5.74, 6) is -3.69. The van der Waals surface area contributed by atoms with E-state index in [4.69, 9.17) is 39.5 Å². The van der Waals surface area contributed by atoms with Gasteiger partial charge in [0, 0.05) is 39.1 Å². The van der Waals surface area contributed by atoms with E-state index in [1.807, 2.05) is 0 Å². The van der Waals surface area contributed by atoms with Gasteiger partial charge in [0.25, 0.3) is 17.7 Å². The number of benzene rings is 4. The van der Waals surface area contributed by atoms with Crippen LogP contribution >= 0.6 is 98.5 Å². The molecule has 1 aliphatic rings. The number of hydrazine groups is 1. The molecule has 228 valence electrons. The highest BCUT2D eigenvalue weighted by molar-refractivity contribution is 9.15. The predicted molar refractivity (Wildman–Crippen MR) is 182 cm³/mol. The number of hydrogen-bond donors (Lipinski definition) is 0. The second kappa shape index (κ2) is 13.6. The number of carbonyl (C=O) groups excluding carboxylic acids is 5. The first kappa shape index (κ1) is 33.8. The SMILES string of the molecule is O=C(CN(C(=O)c1ccc(Cl)cc1)N1C(=O)c2c(Br)c(Br)c(Br)c(Br)c2C1=O)c1ccc(OC(=O)c2ccc(Cl)cc2Cl)cc1. The zero-order valence-electron chi connectivity index (χ0n) is 22.0. The Balaban J connectivity index is 1.45. The lowest BCUT2D eigenvalue weighted by Crippen LogP contribution is -2.51. The molecule has 0 saturated heterocycles. The standard InChI is InChI=1S/C30H13Br4Cl3N2O6/c31-23-21-22(24(32)26(34)25(23)33)29(43)39(28(21)42)38(27(41)14-1-5-15(35)6-2-14)12-20(40)13-3-8-17(9-4-13)45-30(44)18-10-7-16(36)11-19(18)37/h1-11H,12H2. The van der Waals surface area contributed by atoms with Crippen molar-refractivity contribution in [1.82, 2.24) is 10.0 Å². The van der Waals surface area contributed by atoms with E-state index >= 15 is 0 Å². The largest absolute Gasteiger partial charge is 0.423 e. The fourth-order valence-corrected chi connectivity index (χ4v) is 7.35. The van der Waals surface area contributed by atoms with Crippen LogP contribution in [0.3, 0.4) is 0 Å². The highest BCUT2D eigenvalue weighted by Crippen LogP contribution is 2.45. The lowest BCUT2D eigenvalue weighted by Gasteiger charge is -2.29. The molecule has 5 rings (SSSR count). The normalized spacial score (nSPS) is 12.3. The van der Waals surface area contributed by atoms with E-state index in [-0.39, 0.29) is 47.5 Å². The van der Waals surface area contributed by atoms with Gasteiger partial charge in [-0.3, -0.25) is 19.2 Å². The number of esters is 1. The summed E-state index contributed by atoms with van der Waals surface area (Å²) in [5.41, 5.74) is 0.270. The van der Waals surface area contributed by atoms with Crippen LogP contribution in [0.25, 0.3) is 0 Å². The summed E-state index contributed by atoms with van der Waals surface area (Å²) in [5, 5.41) is 2.24. The lowest BCUT2D eigenvalue weighted by atomic mass is 10.1. The summed E-state index contributed by atoms with van der Waals surface area (Å²) in [6, 6.07) is 15.6. The Morgan fingerprint density at radius 3 is 1.73 bits per heavy atom. The monoisotopic (exact) mass is 918 g/mol. The van der Waals surface area contributed by atoms with Crippen LogP contribution in [0.15, 0.2) is 84.6 Å². The number of halogens is 7. The predicted octanol–water partition coefficient (Wildman–Crippen LogP) is 9.45. The van der Waals surface area contributed by atoms with Crippen LogP contribution in [-0.2, 0) is 0 Å². The van der Waals surface area contributed by atoms with E-state index in [2.05, 4.69) is 63.7 Å². The van der Waals surface area contributed by atoms with Crippen molar-refractivity contribution < 1.29 is 28.7 Å². The molecule has 15 heteroatoms. The van der Waals surface area contributed by atoms with Gasteiger partial charge in [-0.2, -0.15) is 5.01 Å². The molecular formula is C30H13Br4Cl3N2O6. The molecule has 1 heterocycles. The lowest BCUT2D eigenvalue weighted by molar-refractivity contribution is 0.00526. The van der Waals surface area contributed by atoms with E-state index in [0.717, 1.165) is 5.01 Å². The molecule has 0 saturated carbocycles. The van der Waals surface area contributed by atoms with Gasteiger partial charge in [0.1, 0.15) is 12.3 Å². The van der Waals surface area contributed by atoms with Gasteiger partial charge in [0.2, 0.25) is 0 Å². The summed E-state index contributed by atoms with van der Waals surface area (Å²) in [7, 11) is 0. The molecule has 0 fully saturated rings. The number of ether oxygens (including phenoxy) is 1. The minimum Gasteiger partial charge on any atom is -0.423 e. The molecule has 0 spiro atoms. The Bertz CT molecular complexity index is 1890. The van der Waals surface area contributed by atoms with Crippen LogP contribution in [0, 0.1) is 0 Å². The number of rotatable bonds is 7. The first-order valence-electron chi connectivity index (χ1n) is 12.4. The van der Waals surface area contributed by atoms with Gasteiger partial charge in [0.15, 0.2) is 5.78 Å². The van der Waals surface area contributed by atoms with Gasteiger partial charge < -0.3 is 4.74 Å². The van der Waals surface area contributed by atoms with Crippen LogP contribution in [0.5, 0.6) is 5.75 Å². The van der Waals surface area contributed by atoms with Gasteiger partial charge >= 0.3 is 5.97 Å². The third-order valence-electron chi connectivity index (χ3n) is 6.48. The van der Waals surface area contributed by atoms with Crippen LogP contribution in [0.2, 0.25) is 15.1 Å². The number of Topliss-reactive ketones (excluding diaryl/α,β-unsaturated/α-hetero) is 1. The van der Waals surface area contributed by atoms with Crippen molar-refractivity contribution in [2.45, 2.75) is 0 Å². The molecular weight excluding hydrogens is 910 g/mol. The van der Waals surface area contributed by atoms with E-state index in [0.29, 0.717) is 24.0 Å². The van der Waals surface area contributed by atoms with Crippen molar-refractivity contribution in [1.29, 1.82) is 0 Å². The average molecular weight is 923 g/mol. The van der Waals surface area contributed by atoms with Crippen LogP contribution in [0.4, 0.5) is 0 Å². The maximum Gasteiger partial charge on any atom is 0.345 e. The Hall–Kier alpha value is -2.58. The molecule has 0 N–H and O–H groups in total. The number of nitrogens with zero attached hydrogens (tertiary/aromatic N) is 2. The van der Waals surface area contributed by atoms with E-state index in [9.17, 15) is 24.0 Å². The maximum atomic E-state index is 13.8. The highest BCUT2D eigenvalue weighted by atomic mass is 79.9. The molecule has 1 aliphatic heterocycles. The molecule has 4 aromatic rings. The topological polar surface area (TPSA) is 101 Å². The van der Waals surface area contributed by atoms with Gasteiger partial charge in [0.05, 0.1) is 21.7 Å². The van der Waals surface area contributed by atoms with Crippen LogP contribution in [-0.4, -0.2) is 46.0 Å². The van der Waals surface area contributed by atoms with Crippen molar-refractivity contribution in [2.75, 3.05) is 6.54 Å². The van der Waals surface area contributed by atoms with Crippen LogP contribution in [0.1, 0.15) is 51.8 Å². The molecule has 0 aromatic heterocycles. The molecule has 3 amide bonds. The van der Waals surface area contributed by atoms with Gasteiger partial charge in [-0.15, -0.1) is 0 Å². The van der Waals surface area contributed by atoms with Gasteiger partial charge in [-0.05, 0) is 130 Å². The minimum absolute atomic E-state index is 0.00438. The summed E-state index contributed by atoms with van der Waals surface area (Å²) in [6.07, 6.45) is 0. The third kappa shape index (κ3) is 6.64. The first-order valence-corrected chi connectivity index (χ1v) is 16.7. The second-order valence-electron chi connectivity index (χ2n) is 9.26. The first-order chi connectivity index (χ1) is 21.3. The summed E-state index contributed by atoms with van der Waals surface area (Å²) in [6.45, 7) is -0.690. The summed E-state index contributed by atoms with van der Waals surface area (Å²) >= 11 is 31.4. The van der Waals surface area contributed by atoms with E-state index in [1.54, 1.807) is 0 Å². The molecule has 45 heavy (non-hydrogen) atoms. The van der Waals surface area contributed by atoms with Gasteiger partial charge in [-0.1, -0.05) is 34.8 Å². The average Bonchev–Trinajstić information content (AvgIpc) is 3.27. The van der Waals surface area contributed by atoms with E-state index in [1.165, 1.54) is 66.7 Å². The quantitative estimate of drug-likeness (QED) is 0.0458. The number of carbonyl (C=O) groups is 5. The maximum absolute atomic E-state index is 13.8. The zero-order valence-corrected chi connectivity index (χ0v) is 30.7. The Morgan fingerprint density at radius 1 is 0.689 bits per heavy atom. The van der Waals surface area contributed by atoms with Crippen molar-refractivity contribution in [2.24, 2.45) is 0 Å². The van der Waals surface area contributed by atoms with Crippen LogP contribution < -0.4 is 4.74 Å². The number of fused-ring (bicyclic) bond motifs is 1. The Labute approximate surface area is 304 Å². The van der Waals surface area contributed by atoms with Crippen molar-refractivity contribution in [3.8, 4) is 5.75 Å². The molecule has 0 atom stereocenters. The molecule has 4 aromatic carbocycles. The molecule has 0 aliphatic carbocycles. The minimum atomic E-state index is -0.825. The third-order valence-corrected chi connectivity index (χ3v) is 12.0. The highest BCUT2D eigenvalue weighted by Gasteiger charge is 2.46. The number of amides is 3. The van der Waals surface area contributed by atoms with Crippen molar-refractivity contribution in [3.05, 3.63) is 128 Å². The molecule has 8 nitrogen and oxygen atoms in total. The smallest absolute Gasteiger partial charge is 0.345 e. The second-order valence-corrected chi connectivity index (χ2v) is 13.7. The number of imide groups is 1. The fourth-order valence-electron chi connectivity index (χ4n) is 4.28. The zero-order chi connectivity index (χ0) is 32.7.